The highest BCUT2D eigenvalue weighted by Crippen LogP contribution is 2.25. The van der Waals surface area contributed by atoms with Gasteiger partial charge in [0.25, 0.3) is 0 Å². The summed E-state index contributed by atoms with van der Waals surface area (Å²) >= 11 is 1.33. The van der Waals surface area contributed by atoms with Crippen LogP contribution in [-0.2, 0) is 0 Å². The number of hydrogen-bond donors (Lipinski definition) is 0. The molecule has 0 atom stereocenters. The first kappa shape index (κ1) is 12.9. The largest absolute Gasteiger partial charge is 0.288 e. The van der Waals surface area contributed by atoms with E-state index in [-0.39, 0.29) is 11.1 Å². The van der Waals surface area contributed by atoms with Gasteiger partial charge in [-0.15, -0.1) is 11.3 Å². The normalized spacial score (nSPS) is 10.7. The Kier molecular flexibility index (Phi) is 3.30. The van der Waals surface area contributed by atoms with Crippen molar-refractivity contribution in [2.75, 3.05) is 0 Å². The van der Waals surface area contributed by atoms with Crippen LogP contribution in [0.15, 0.2) is 18.2 Å². The predicted octanol–water partition coefficient (Wildman–Crippen LogP) is 4.18. The first-order chi connectivity index (χ1) is 8.40. The van der Waals surface area contributed by atoms with Gasteiger partial charge in [-0.1, -0.05) is 0 Å². The molecule has 94 valence electrons. The minimum Gasteiger partial charge on any atom is -0.288 e. The molecule has 1 heterocycles. The fraction of sp³-hybridized carbons (Fsp3) is 0.214. The molecule has 4 heteroatoms. The summed E-state index contributed by atoms with van der Waals surface area (Å²) in [5.41, 5.74) is 1.20. The molecule has 1 nitrogen and oxygen atoms in total. The second-order valence-electron chi connectivity index (χ2n) is 4.26. The van der Waals surface area contributed by atoms with E-state index in [1.165, 1.54) is 24.3 Å². The molecule has 1 aromatic heterocycles. The number of carbonyl (C=O) groups is 1. The van der Waals surface area contributed by atoms with Crippen LogP contribution in [-0.4, -0.2) is 5.78 Å². The number of aryl methyl sites for hydroxylation is 3. The zero-order valence-corrected chi connectivity index (χ0v) is 11.1. The molecule has 0 N–H and O–H groups in total. The number of benzene rings is 1. The van der Waals surface area contributed by atoms with Gasteiger partial charge >= 0.3 is 0 Å². The standard InChI is InChI=1S/C14H12F2OS/c1-7-5-13(18-9(7)3)14(17)10-4-8(2)11(15)6-12(10)16/h4-6H,1-3H3. The van der Waals surface area contributed by atoms with Gasteiger partial charge in [0.1, 0.15) is 11.6 Å². The fourth-order valence-electron chi connectivity index (χ4n) is 1.65. The molecular weight excluding hydrogens is 254 g/mol. The number of rotatable bonds is 2. The Bertz CT molecular complexity index is 609. The highest BCUT2D eigenvalue weighted by molar-refractivity contribution is 7.14. The van der Waals surface area contributed by atoms with Crippen molar-refractivity contribution in [1.82, 2.24) is 0 Å². The van der Waals surface area contributed by atoms with Crippen LogP contribution in [0.25, 0.3) is 0 Å². The van der Waals surface area contributed by atoms with Crippen molar-refractivity contribution in [1.29, 1.82) is 0 Å². The third kappa shape index (κ3) is 2.20. The van der Waals surface area contributed by atoms with Crippen molar-refractivity contribution in [3.8, 4) is 0 Å². The van der Waals surface area contributed by atoms with Crippen LogP contribution in [0.5, 0.6) is 0 Å². The highest BCUT2D eigenvalue weighted by atomic mass is 32.1. The molecule has 2 rings (SSSR count). The molecule has 0 spiro atoms. The van der Waals surface area contributed by atoms with Crippen molar-refractivity contribution >= 4 is 17.1 Å². The maximum atomic E-state index is 13.6. The maximum absolute atomic E-state index is 13.6. The van der Waals surface area contributed by atoms with Crippen LogP contribution >= 0.6 is 11.3 Å². The van der Waals surface area contributed by atoms with Crippen molar-refractivity contribution in [2.24, 2.45) is 0 Å². The fourth-order valence-corrected chi connectivity index (χ4v) is 2.64. The molecule has 0 fully saturated rings. The van der Waals surface area contributed by atoms with Crippen LogP contribution in [0.1, 0.15) is 31.2 Å². The highest BCUT2D eigenvalue weighted by Gasteiger charge is 2.18. The summed E-state index contributed by atoms with van der Waals surface area (Å²) in [6.07, 6.45) is 0. The van der Waals surface area contributed by atoms with Gasteiger partial charge in [-0.3, -0.25) is 4.79 Å². The first-order valence-electron chi connectivity index (χ1n) is 5.47. The van der Waals surface area contributed by atoms with Gasteiger partial charge in [0.15, 0.2) is 0 Å². The van der Waals surface area contributed by atoms with E-state index in [2.05, 4.69) is 0 Å². The molecule has 0 unspecified atom stereocenters. The van der Waals surface area contributed by atoms with E-state index in [1.54, 1.807) is 6.07 Å². The number of ketones is 1. The van der Waals surface area contributed by atoms with Crippen LogP contribution in [0.2, 0.25) is 0 Å². The average Bonchev–Trinajstić information content (AvgIpc) is 2.63. The summed E-state index contributed by atoms with van der Waals surface area (Å²) in [5.74, 6) is -1.84. The Labute approximate surface area is 108 Å². The Morgan fingerprint density at radius 3 is 2.22 bits per heavy atom. The number of carbonyl (C=O) groups excluding carboxylic acids is 1. The minimum absolute atomic E-state index is 0.0739. The van der Waals surface area contributed by atoms with E-state index in [0.717, 1.165) is 16.5 Å². The van der Waals surface area contributed by atoms with E-state index < -0.39 is 17.4 Å². The number of thiophene rings is 1. The van der Waals surface area contributed by atoms with Gasteiger partial charge in [0.2, 0.25) is 5.78 Å². The third-order valence-electron chi connectivity index (χ3n) is 2.88. The van der Waals surface area contributed by atoms with Crippen LogP contribution < -0.4 is 0 Å². The van der Waals surface area contributed by atoms with Gasteiger partial charge in [-0.05, 0) is 44.0 Å². The monoisotopic (exact) mass is 266 g/mol. The summed E-state index contributed by atoms with van der Waals surface area (Å²) in [6.45, 7) is 5.31. The second kappa shape index (κ2) is 4.61. The molecule has 0 bridgehead atoms. The van der Waals surface area contributed by atoms with Crippen LogP contribution in [0.4, 0.5) is 8.78 Å². The molecule has 0 saturated carbocycles. The summed E-state index contributed by atoms with van der Waals surface area (Å²) in [5, 5.41) is 0. The van der Waals surface area contributed by atoms with Gasteiger partial charge in [0.05, 0.1) is 10.4 Å². The van der Waals surface area contributed by atoms with Crippen molar-refractivity contribution in [2.45, 2.75) is 20.8 Å². The molecule has 0 aliphatic rings. The molecule has 18 heavy (non-hydrogen) atoms. The molecule has 0 saturated heterocycles. The van der Waals surface area contributed by atoms with E-state index in [9.17, 15) is 13.6 Å². The molecule has 0 amide bonds. The summed E-state index contributed by atoms with van der Waals surface area (Å²) < 4.78 is 26.8. The SMILES string of the molecule is Cc1cc(C(=O)c2cc(C)c(C)s2)c(F)cc1F. The zero-order chi connectivity index (χ0) is 13.4. The predicted molar refractivity (Wildman–Crippen MR) is 68.3 cm³/mol. The molecule has 1 aromatic carbocycles. The van der Waals surface area contributed by atoms with Gasteiger partial charge in [-0.2, -0.15) is 0 Å². The summed E-state index contributed by atoms with van der Waals surface area (Å²) in [6, 6.07) is 3.76. The number of halogens is 2. The van der Waals surface area contributed by atoms with Crippen molar-refractivity contribution in [3.05, 3.63) is 56.3 Å². The Morgan fingerprint density at radius 1 is 1.00 bits per heavy atom. The number of hydrogen-bond acceptors (Lipinski definition) is 2. The Hall–Kier alpha value is -1.55. The second-order valence-corrected chi connectivity index (χ2v) is 5.52. The third-order valence-corrected chi connectivity index (χ3v) is 4.03. The summed E-state index contributed by atoms with van der Waals surface area (Å²) in [7, 11) is 0. The van der Waals surface area contributed by atoms with Crippen LogP contribution in [0, 0.1) is 32.4 Å². The average molecular weight is 266 g/mol. The molecule has 0 aliphatic carbocycles. The first-order valence-corrected chi connectivity index (χ1v) is 6.29. The van der Waals surface area contributed by atoms with Crippen molar-refractivity contribution < 1.29 is 13.6 Å². The van der Waals surface area contributed by atoms with E-state index in [4.69, 9.17) is 0 Å². The molecular formula is C14H12F2OS. The Balaban J connectivity index is 2.49. The van der Waals surface area contributed by atoms with Gasteiger partial charge in [-0.25, -0.2) is 8.78 Å². The van der Waals surface area contributed by atoms with Crippen LogP contribution in [0.3, 0.4) is 0 Å². The smallest absolute Gasteiger partial charge is 0.205 e. The zero-order valence-electron chi connectivity index (χ0n) is 10.3. The van der Waals surface area contributed by atoms with Gasteiger partial charge < -0.3 is 0 Å². The lowest BCUT2D eigenvalue weighted by molar-refractivity contribution is 0.103. The Morgan fingerprint density at radius 2 is 1.67 bits per heavy atom. The van der Waals surface area contributed by atoms with E-state index >= 15 is 0 Å². The van der Waals surface area contributed by atoms with Crippen molar-refractivity contribution in [3.63, 3.8) is 0 Å². The lowest BCUT2D eigenvalue weighted by Crippen LogP contribution is -2.04. The molecule has 0 radical (unpaired) electrons. The quantitative estimate of drug-likeness (QED) is 0.745. The molecule has 0 aliphatic heterocycles. The maximum Gasteiger partial charge on any atom is 0.205 e. The minimum atomic E-state index is -0.813. The van der Waals surface area contributed by atoms with E-state index in [0.29, 0.717) is 4.88 Å². The lowest BCUT2D eigenvalue weighted by atomic mass is 10.1. The molecule has 2 aromatic rings. The summed E-state index contributed by atoms with van der Waals surface area (Å²) in [4.78, 5) is 13.7. The topological polar surface area (TPSA) is 17.1 Å². The lowest BCUT2D eigenvalue weighted by Gasteiger charge is -2.03. The van der Waals surface area contributed by atoms with Gasteiger partial charge in [0, 0.05) is 10.9 Å². The van der Waals surface area contributed by atoms with E-state index in [1.807, 2.05) is 13.8 Å².